The number of carbonyl (C=O) groups is 1. The molecule has 1 aliphatic rings. The van der Waals surface area contributed by atoms with Crippen LogP contribution in [-0.2, 0) is 9.47 Å². The van der Waals surface area contributed by atoms with Gasteiger partial charge in [-0.1, -0.05) is 0 Å². The van der Waals surface area contributed by atoms with Gasteiger partial charge in [-0.25, -0.2) is 14.3 Å². The SMILES string of the molecule is Cc1cc2c(Nc3cc(C4CC(OC(=O)NC(C)C)CO4)[nH]n3)nccn2n1. The summed E-state index contributed by atoms with van der Waals surface area (Å²) in [6, 6.07) is 3.85. The topological polar surface area (TPSA) is 118 Å². The second-order valence-electron chi connectivity index (χ2n) is 7.11. The third-order valence-electron chi connectivity index (χ3n) is 4.34. The lowest BCUT2D eigenvalue weighted by molar-refractivity contribution is 0.0682. The van der Waals surface area contributed by atoms with Gasteiger partial charge in [0.2, 0.25) is 0 Å². The number of aryl methyl sites for hydroxylation is 1. The van der Waals surface area contributed by atoms with Crippen LogP contribution in [0.25, 0.3) is 5.52 Å². The number of H-pyrrole nitrogens is 1. The maximum absolute atomic E-state index is 11.7. The summed E-state index contributed by atoms with van der Waals surface area (Å²) in [7, 11) is 0. The van der Waals surface area contributed by atoms with Gasteiger partial charge in [0.25, 0.3) is 0 Å². The molecule has 2 unspecified atom stereocenters. The van der Waals surface area contributed by atoms with Crippen molar-refractivity contribution in [2.75, 3.05) is 11.9 Å². The quantitative estimate of drug-likeness (QED) is 0.617. The van der Waals surface area contributed by atoms with E-state index in [4.69, 9.17) is 9.47 Å². The molecule has 10 nitrogen and oxygen atoms in total. The normalized spacial score (nSPS) is 19.3. The summed E-state index contributed by atoms with van der Waals surface area (Å²) in [4.78, 5) is 16.1. The number of amides is 1. The summed E-state index contributed by atoms with van der Waals surface area (Å²) in [5, 5.41) is 17.6. The second-order valence-corrected chi connectivity index (χ2v) is 7.11. The van der Waals surface area contributed by atoms with Gasteiger partial charge in [-0.15, -0.1) is 0 Å². The lowest BCUT2D eigenvalue weighted by Crippen LogP contribution is -2.33. The molecule has 1 saturated heterocycles. The maximum Gasteiger partial charge on any atom is 0.407 e. The predicted molar refractivity (Wildman–Crippen MR) is 101 cm³/mol. The fourth-order valence-electron chi connectivity index (χ4n) is 3.15. The second kappa shape index (κ2) is 7.47. The molecule has 1 aliphatic heterocycles. The third-order valence-corrected chi connectivity index (χ3v) is 4.34. The highest BCUT2D eigenvalue weighted by atomic mass is 16.6. The Bertz CT molecular complexity index is 981. The molecule has 10 heteroatoms. The Morgan fingerprint density at radius 3 is 3.11 bits per heavy atom. The molecule has 148 valence electrons. The average molecular weight is 385 g/mol. The van der Waals surface area contributed by atoms with Crippen LogP contribution in [0.3, 0.4) is 0 Å². The zero-order valence-corrected chi connectivity index (χ0v) is 16.0. The van der Waals surface area contributed by atoms with Crippen LogP contribution in [0.5, 0.6) is 0 Å². The van der Waals surface area contributed by atoms with Gasteiger partial charge in [-0.2, -0.15) is 10.2 Å². The molecule has 4 rings (SSSR count). The Hall–Kier alpha value is -3.14. The van der Waals surface area contributed by atoms with Crippen LogP contribution in [0.4, 0.5) is 16.4 Å². The van der Waals surface area contributed by atoms with Crippen LogP contribution in [-0.4, -0.2) is 49.6 Å². The van der Waals surface area contributed by atoms with E-state index in [1.54, 1.807) is 16.9 Å². The van der Waals surface area contributed by atoms with Gasteiger partial charge < -0.3 is 20.1 Å². The molecule has 0 saturated carbocycles. The van der Waals surface area contributed by atoms with Crippen LogP contribution >= 0.6 is 0 Å². The minimum Gasteiger partial charge on any atom is -0.444 e. The first-order valence-electron chi connectivity index (χ1n) is 9.20. The predicted octanol–water partition coefficient (Wildman–Crippen LogP) is 2.47. The highest BCUT2D eigenvalue weighted by Gasteiger charge is 2.31. The summed E-state index contributed by atoms with van der Waals surface area (Å²) in [5.41, 5.74) is 2.59. The Kier molecular flexibility index (Phi) is 4.86. The smallest absolute Gasteiger partial charge is 0.407 e. The highest BCUT2D eigenvalue weighted by molar-refractivity contribution is 5.72. The van der Waals surface area contributed by atoms with Crippen molar-refractivity contribution in [1.82, 2.24) is 30.1 Å². The first-order valence-corrected chi connectivity index (χ1v) is 9.20. The number of ether oxygens (including phenoxy) is 2. The number of hydrogen-bond donors (Lipinski definition) is 3. The number of nitrogens with zero attached hydrogens (tertiary/aromatic N) is 4. The monoisotopic (exact) mass is 385 g/mol. The number of alkyl carbamates (subject to hydrolysis) is 1. The summed E-state index contributed by atoms with van der Waals surface area (Å²) < 4.78 is 12.9. The molecule has 0 bridgehead atoms. The molecule has 0 radical (unpaired) electrons. The standard InChI is InChI=1S/C18H23N7O3/c1-10(2)20-18(26)28-12-7-15(27-9-12)13-8-16(23-22-13)21-17-14-6-11(3)24-25(14)5-4-19-17/h4-6,8,10,12,15H,7,9H2,1-3H3,(H,20,26)(H2,19,21,22,23). The Morgan fingerprint density at radius 2 is 2.29 bits per heavy atom. The lowest BCUT2D eigenvalue weighted by atomic mass is 10.1. The van der Waals surface area contributed by atoms with Crippen molar-refractivity contribution in [2.45, 2.75) is 45.4 Å². The van der Waals surface area contributed by atoms with E-state index in [0.717, 1.165) is 16.9 Å². The van der Waals surface area contributed by atoms with Gasteiger partial charge >= 0.3 is 6.09 Å². The van der Waals surface area contributed by atoms with E-state index < -0.39 is 6.09 Å². The fourth-order valence-corrected chi connectivity index (χ4v) is 3.15. The van der Waals surface area contributed by atoms with Gasteiger partial charge in [0.1, 0.15) is 17.7 Å². The average Bonchev–Trinajstić information content (AvgIpc) is 3.33. The number of aromatic amines is 1. The molecule has 4 heterocycles. The number of aromatic nitrogens is 5. The molecule has 0 spiro atoms. The maximum atomic E-state index is 11.7. The van der Waals surface area contributed by atoms with Crippen molar-refractivity contribution < 1.29 is 14.3 Å². The molecule has 1 fully saturated rings. The number of rotatable bonds is 5. The number of carbonyl (C=O) groups excluding carboxylic acids is 1. The molecule has 2 atom stereocenters. The number of hydrogen-bond acceptors (Lipinski definition) is 7. The molecule has 3 N–H and O–H groups in total. The molecule has 0 aromatic carbocycles. The summed E-state index contributed by atoms with van der Waals surface area (Å²) in [6.07, 6.45) is 3.13. The molecular formula is C18H23N7O3. The van der Waals surface area contributed by atoms with Crippen LogP contribution in [0, 0.1) is 6.92 Å². The summed E-state index contributed by atoms with van der Waals surface area (Å²) in [5.74, 6) is 1.29. The fraction of sp³-hybridized carbons (Fsp3) is 0.444. The number of anilines is 2. The van der Waals surface area contributed by atoms with Gasteiger partial charge in [-0.3, -0.25) is 5.10 Å². The summed E-state index contributed by atoms with van der Waals surface area (Å²) in [6.45, 7) is 6.05. The van der Waals surface area contributed by atoms with E-state index in [1.807, 2.05) is 32.9 Å². The van der Waals surface area contributed by atoms with Gasteiger partial charge in [0.15, 0.2) is 11.6 Å². The molecular weight excluding hydrogens is 362 g/mol. The van der Waals surface area contributed by atoms with E-state index in [2.05, 4.69) is 30.9 Å². The third kappa shape index (κ3) is 3.91. The molecule has 3 aromatic rings. The van der Waals surface area contributed by atoms with E-state index >= 15 is 0 Å². The van der Waals surface area contributed by atoms with Gasteiger partial charge in [0.05, 0.1) is 18.0 Å². The van der Waals surface area contributed by atoms with E-state index in [1.165, 1.54) is 0 Å². The molecule has 0 aliphatic carbocycles. The van der Waals surface area contributed by atoms with E-state index in [0.29, 0.717) is 24.7 Å². The Labute approximate surface area is 161 Å². The summed E-state index contributed by atoms with van der Waals surface area (Å²) >= 11 is 0. The minimum atomic E-state index is -0.425. The van der Waals surface area contributed by atoms with E-state index in [9.17, 15) is 4.79 Å². The van der Waals surface area contributed by atoms with Crippen LogP contribution in [0.15, 0.2) is 24.5 Å². The molecule has 3 aromatic heterocycles. The van der Waals surface area contributed by atoms with Crippen molar-refractivity contribution in [1.29, 1.82) is 0 Å². The number of fused-ring (bicyclic) bond motifs is 1. The Balaban J connectivity index is 1.40. The van der Waals surface area contributed by atoms with E-state index in [-0.39, 0.29) is 18.2 Å². The minimum absolute atomic E-state index is 0.0319. The number of nitrogens with one attached hydrogen (secondary N) is 3. The van der Waals surface area contributed by atoms with Crippen molar-refractivity contribution in [3.63, 3.8) is 0 Å². The first-order chi connectivity index (χ1) is 13.5. The largest absolute Gasteiger partial charge is 0.444 e. The van der Waals surface area contributed by atoms with Crippen LogP contribution < -0.4 is 10.6 Å². The van der Waals surface area contributed by atoms with Gasteiger partial charge in [0, 0.05) is 30.9 Å². The van der Waals surface area contributed by atoms with Gasteiger partial charge in [-0.05, 0) is 26.8 Å². The zero-order valence-electron chi connectivity index (χ0n) is 16.0. The molecule has 1 amide bonds. The highest BCUT2D eigenvalue weighted by Crippen LogP contribution is 2.31. The first kappa shape index (κ1) is 18.2. The van der Waals surface area contributed by atoms with Crippen molar-refractivity contribution in [2.24, 2.45) is 0 Å². The lowest BCUT2D eigenvalue weighted by Gasteiger charge is -2.13. The van der Waals surface area contributed by atoms with Crippen molar-refractivity contribution >= 4 is 23.2 Å². The van der Waals surface area contributed by atoms with Crippen LogP contribution in [0.1, 0.15) is 37.8 Å². The zero-order chi connectivity index (χ0) is 19.7. The molecule has 28 heavy (non-hydrogen) atoms. The Morgan fingerprint density at radius 1 is 1.43 bits per heavy atom. The van der Waals surface area contributed by atoms with Crippen LogP contribution in [0.2, 0.25) is 0 Å². The van der Waals surface area contributed by atoms with Crippen molar-refractivity contribution in [3.05, 3.63) is 35.9 Å². The van der Waals surface area contributed by atoms with Crippen molar-refractivity contribution in [3.8, 4) is 0 Å².